The van der Waals surface area contributed by atoms with Crippen molar-refractivity contribution in [3.8, 4) is 0 Å². The van der Waals surface area contributed by atoms with Gasteiger partial charge in [-0.25, -0.2) is 0 Å². The molecule has 4 heteroatoms. The molecular weight excluding hydrogens is 290 g/mol. The first-order chi connectivity index (χ1) is 11.1. The van der Waals surface area contributed by atoms with Crippen molar-refractivity contribution in [1.82, 2.24) is 4.90 Å². The van der Waals surface area contributed by atoms with Crippen molar-refractivity contribution >= 4 is 11.9 Å². The summed E-state index contributed by atoms with van der Waals surface area (Å²) < 4.78 is 0. The van der Waals surface area contributed by atoms with Crippen LogP contribution in [0, 0.1) is 11.8 Å². The highest BCUT2D eigenvalue weighted by Gasteiger charge is 2.44. The Kier molecular flexibility index (Phi) is 4.69. The largest absolute Gasteiger partial charge is 0.481 e. The lowest BCUT2D eigenvalue weighted by Gasteiger charge is -2.41. The maximum atomic E-state index is 12.9. The number of carboxylic acid groups (broad SMARTS) is 1. The third kappa shape index (κ3) is 3.12. The van der Waals surface area contributed by atoms with Gasteiger partial charge in [0.1, 0.15) is 0 Å². The highest BCUT2D eigenvalue weighted by molar-refractivity contribution is 5.86. The standard InChI is InChI=1S/C19H25NO3/c1-2-11-20(18(21)16-9-10-17(16)19(22)23)15-8-7-13-5-3-4-6-14(13)12-15/h3-6,15-17H,2,7-12H2,1H3,(H,22,23). The molecular formula is C19H25NO3. The molecule has 1 aromatic carbocycles. The van der Waals surface area contributed by atoms with E-state index in [1.165, 1.54) is 11.1 Å². The van der Waals surface area contributed by atoms with E-state index in [9.17, 15) is 14.7 Å². The molecule has 1 N–H and O–H groups in total. The summed E-state index contributed by atoms with van der Waals surface area (Å²) in [5.41, 5.74) is 2.72. The van der Waals surface area contributed by atoms with Gasteiger partial charge in [-0.15, -0.1) is 0 Å². The van der Waals surface area contributed by atoms with Crippen molar-refractivity contribution in [3.63, 3.8) is 0 Å². The summed E-state index contributed by atoms with van der Waals surface area (Å²) in [6.07, 6.45) is 5.15. The number of carbonyl (C=O) groups excluding carboxylic acids is 1. The molecule has 3 atom stereocenters. The lowest BCUT2D eigenvalue weighted by molar-refractivity contribution is -0.157. The average Bonchev–Trinajstić information content (AvgIpc) is 2.50. The van der Waals surface area contributed by atoms with Crippen LogP contribution in [0.15, 0.2) is 24.3 Å². The van der Waals surface area contributed by atoms with Gasteiger partial charge in [0.05, 0.1) is 11.8 Å². The first kappa shape index (κ1) is 16.0. The fourth-order valence-electron chi connectivity index (χ4n) is 3.96. The van der Waals surface area contributed by atoms with E-state index in [-0.39, 0.29) is 17.9 Å². The van der Waals surface area contributed by atoms with Crippen LogP contribution >= 0.6 is 0 Å². The second-order valence-corrected chi connectivity index (χ2v) is 6.83. The van der Waals surface area contributed by atoms with E-state index < -0.39 is 11.9 Å². The summed E-state index contributed by atoms with van der Waals surface area (Å²) in [6.45, 7) is 2.81. The van der Waals surface area contributed by atoms with E-state index in [0.29, 0.717) is 6.42 Å². The molecule has 0 aliphatic heterocycles. The van der Waals surface area contributed by atoms with Gasteiger partial charge in [0.15, 0.2) is 0 Å². The zero-order chi connectivity index (χ0) is 16.4. The maximum absolute atomic E-state index is 12.9. The van der Waals surface area contributed by atoms with Crippen LogP contribution in [0.4, 0.5) is 0 Å². The van der Waals surface area contributed by atoms with Crippen molar-refractivity contribution in [2.45, 2.75) is 51.5 Å². The van der Waals surface area contributed by atoms with E-state index in [4.69, 9.17) is 0 Å². The van der Waals surface area contributed by atoms with Crippen LogP contribution in [0.2, 0.25) is 0 Å². The lowest BCUT2D eigenvalue weighted by Crippen LogP contribution is -2.51. The quantitative estimate of drug-likeness (QED) is 0.909. The fourth-order valence-corrected chi connectivity index (χ4v) is 3.96. The summed E-state index contributed by atoms with van der Waals surface area (Å²) in [7, 11) is 0. The molecule has 1 amide bonds. The number of hydrogen-bond donors (Lipinski definition) is 1. The number of carboxylic acids is 1. The number of nitrogens with zero attached hydrogens (tertiary/aromatic N) is 1. The van der Waals surface area contributed by atoms with Gasteiger partial charge < -0.3 is 10.0 Å². The molecule has 1 saturated carbocycles. The van der Waals surface area contributed by atoms with Crippen molar-refractivity contribution < 1.29 is 14.7 Å². The number of hydrogen-bond acceptors (Lipinski definition) is 2. The number of fused-ring (bicyclic) bond motifs is 1. The predicted molar refractivity (Wildman–Crippen MR) is 88.1 cm³/mol. The summed E-state index contributed by atoms with van der Waals surface area (Å²) in [6, 6.07) is 8.66. The Morgan fingerprint density at radius 3 is 2.43 bits per heavy atom. The van der Waals surface area contributed by atoms with E-state index in [0.717, 1.165) is 38.6 Å². The fraction of sp³-hybridized carbons (Fsp3) is 0.579. The van der Waals surface area contributed by atoms with Crippen LogP contribution in [0.1, 0.15) is 43.7 Å². The number of benzene rings is 1. The van der Waals surface area contributed by atoms with Gasteiger partial charge in [-0.1, -0.05) is 31.2 Å². The average molecular weight is 315 g/mol. The van der Waals surface area contributed by atoms with Gasteiger partial charge in [-0.05, 0) is 49.7 Å². The number of aliphatic carboxylic acids is 1. The molecule has 2 aliphatic carbocycles. The first-order valence-corrected chi connectivity index (χ1v) is 8.72. The van der Waals surface area contributed by atoms with Crippen molar-refractivity contribution in [1.29, 1.82) is 0 Å². The van der Waals surface area contributed by atoms with E-state index in [1.54, 1.807) is 0 Å². The first-order valence-electron chi connectivity index (χ1n) is 8.72. The minimum absolute atomic E-state index is 0.0647. The minimum Gasteiger partial charge on any atom is -0.481 e. The molecule has 0 radical (unpaired) electrons. The molecule has 3 rings (SSSR count). The van der Waals surface area contributed by atoms with Crippen LogP contribution in [-0.4, -0.2) is 34.5 Å². The summed E-state index contributed by atoms with van der Waals surface area (Å²) in [4.78, 5) is 26.1. The van der Waals surface area contributed by atoms with Crippen LogP contribution < -0.4 is 0 Å². The molecule has 23 heavy (non-hydrogen) atoms. The minimum atomic E-state index is -0.819. The Bertz CT molecular complexity index is 598. The Morgan fingerprint density at radius 2 is 1.83 bits per heavy atom. The Labute approximate surface area is 137 Å². The Morgan fingerprint density at radius 1 is 1.13 bits per heavy atom. The molecule has 1 aromatic rings. The molecule has 0 aromatic heterocycles. The number of carbonyl (C=O) groups is 2. The molecule has 0 spiro atoms. The SMILES string of the molecule is CCCN(C(=O)C1CCC1C(=O)O)C1CCc2ccccc2C1. The smallest absolute Gasteiger partial charge is 0.307 e. The lowest BCUT2D eigenvalue weighted by atomic mass is 9.72. The molecule has 1 fully saturated rings. The summed E-state index contributed by atoms with van der Waals surface area (Å²) in [5, 5.41) is 9.23. The molecule has 0 bridgehead atoms. The van der Waals surface area contributed by atoms with Crippen LogP contribution in [0.3, 0.4) is 0 Å². The zero-order valence-electron chi connectivity index (χ0n) is 13.7. The second kappa shape index (κ2) is 6.73. The van der Waals surface area contributed by atoms with Crippen molar-refractivity contribution in [2.24, 2.45) is 11.8 Å². The normalized spacial score (nSPS) is 26.0. The molecule has 2 aliphatic rings. The number of amides is 1. The van der Waals surface area contributed by atoms with Crippen molar-refractivity contribution in [3.05, 3.63) is 35.4 Å². The topological polar surface area (TPSA) is 57.6 Å². The van der Waals surface area contributed by atoms with Gasteiger partial charge in [-0.3, -0.25) is 9.59 Å². The van der Waals surface area contributed by atoms with Crippen molar-refractivity contribution in [2.75, 3.05) is 6.54 Å². The van der Waals surface area contributed by atoms with E-state index in [2.05, 4.69) is 31.2 Å². The highest BCUT2D eigenvalue weighted by Crippen LogP contribution is 2.37. The van der Waals surface area contributed by atoms with Crippen LogP contribution in [-0.2, 0) is 22.4 Å². The third-order valence-electron chi connectivity index (χ3n) is 5.42. The second-order valence-electron chi connectivity index (χ2n) is 6.83. The predicted octanol–water partition coefficient (Wildman–Crippen LogP) is 2.89. The van der Waals surface area contributed by atoms with Gasteiger partial charge in [0, 0.05) is 12.6 Å². The molecule has 124 valence electrons. The van der Waals surface area contributed by atoms with Gasteiger partial charge in [0.25, 0.3) is 0 Å². The maximum Gasteiger partial charge on any atom is 0.307 e. The Hall–Kier alpha value is -1.84. The van der Waals surface area contributed by atoms with Crippen LogP contribution in [0.5, 0.6) is 0 Å². The molecule has 4 nitrogen and oxygen atoms in total. The van der Waals surface area contributed by atoms with Gasteiger partial charge >= 0.3 is 5.97 Å². The van der Waals surface area contributed by atoms with Gasteiger partial charge in [-0.2, -0.15) is 0 Å². The van der Waals surface area contributed by atoms with E-state index in [1.807, 2.05) is 4.90 Å². The van der Waals surface area contributed by atoms with Crippen LogP contribution in [0.25, 0.3) is 0 Å². The summed E-state index contributed by atoms with van der Waals surface area (Å²) in [5.74, 6) is -1.54. The summed E-state index contributed by atoms with van der Waals surface area (Å²) >= 11 is 0. The monoisotopic (exact) mass is 315 g/mol. The number of aryl methyl sites for hydroxylation is 1. The Balaban J connectivity index is 1.74. The third-order valence-corrected chi connectivity index (χ3v) is 5.42. The molecule has 0 saturated heterocycles. The zero-order valence-corrected chi connectivity index (χ0v) is 13.7. The molecule has 0 heterocycles. The van der Waals surface area contributed by atoms with E-state index >= 15 is 0 Å². The molecule has 3 unspecified atom stereocenters. The number of rotatable bonds is 5. The van der Waals surface area contributed by atoms with Gasteiger partial charge in [0.2, 0.25) is 5.91 Å². The highest BCUT2D eigenvalue weighted by atomic mass is 16.4.